The Morgan fingerprint density at radius 3 is 2.25 bits per heavy atom. The molecule has 4 rings (SSSR count). The van der Waals surface area contributed by atoms with E-state index in [1.807, 2.05) is 0 Å². The summed E-state index contributed by atoms with van der Waals surface area (Å²) in [6.07, 6.45) is 0. The summed E-state index contributed by atoms with van der Waals surface area (Å²) in [5, 5.41) is 20.3. The molecule has 0 aliphatic carbocycles. The Morgan fingerprint density at radius 2 is 1.59 bits per heavy atom. The van der Waals surface area contributed by atoms with E-state index in [9.17, 15) is 29.0 Å². The van der Waals surface area contributed by atoms with Crippen molar-refractivity contribution in [3.8, 4) is 0 Å². The molecule has 6 nitrogen and oxygen atoms in total. The normalized spacial score (nSPS) is 17.6. The molecule has 160 valence electrons. The maximum Gasteiger partial charge on any atom is 0.335 e. The van der Waals surface area contributed by atoms with Gasteiger partial charge in [0, 0.05) is 5.69 Å². The molecular formula is C25H18FNO5. The Kier molecular flexibility index (Phi) is 5.32. The number of nitrogens with zero attached hydrogens (tertiary/aromatic N) is 1. The largest absolute Gasteiger partial charge is 0.507 e. The third-order valence-electron chi connectivity index (χ3n) is 5.40. The third kappa shape index (κ3) is 3.43. The molecule has 0 radical (unpaired) electrons. The number of aryl methyl sites for hydroxylation is 1. The second-order valence-corrected chi connectivity index (χ2v) is 7.37. The Bertz CT molecular complexity index is 1280. The summed E-state index contributed by atoms with van der Waals surface area (Å²) in [6.45, 7) is 1.68. The number of carboxylic acids is 1. The number of ketones is 1. The van der Waals surface area contributed by atoms with Crippen molar-refractivity contribution < 1.29 is 29.0 Å². The zero-order chi connectivity index (χ0) is 23.0. The van der Waals surface area contributed by atoms with Gasteiger partial charge in [0.05, 0.1) is 22.7 Å². The first-order valence-electron chi connectivity index (χ1n) is 9.76. The van der Waals surface area contributed by atoms with Crippen molar-refractivity contribution >= 4 is 29.1 Å². The van der Waals surface area contributed by atoms with E-state index in [0.29, 0.717) is 11.1 Å². The van der Waals surface area contributed by atoms with Crippen molar-refractivity contribution in [2.45, 2.75) is 13.0 Å². The minimum Gasteiger partial charge on any atom is -0.507 e. The number of hydrogen-bond donors (Lipinski definition) is 2. The van der Waals surface area contributed by atoms with Crippen LogP contribution in [0.3, 0.4) is 0 Å². The maximum atomic E-state index is 14.4. The summed E-state index contributed by atoms with van der Waals surface area (Å²) in [4.78, 5) is 38.9. The van der Waals surface area contributed by atoms with Crippen LogP contribution in [-0.4, -0.2) is 27.9 Å². The van der Waals surface area contributed by atoms with Crippen LogP contribution < -0.4 is 4.90 Å². The van der Waals surface area contributed by atoms with Gasteiger partial charge in [-0.2, -0.15) is 0 Å². The lowest BCUT2D eigenvalue weighted by atomic mass is 9.94. The average Bonchev–Trinajstić information content (AvgIpc) is 3.05. The number of Topliss-reactive ketones (excluding diaryl/α,β-unsaturated/α-hetero) is 1. The molecule has 1 fully saturated rings. The molecule has 1 atom stereocenters. The van der Waals surface area contributed by atoms with E-state index in [4.69, 9.17) is 0 Å². The molecule has 0 saturated carbocycles. The van der Waals surface area contributed by atoms with Crippen molar-refractivity contribution in [2.75, 3.05) is 4.90 Å². The maximum absolute atomic E-state index is 14.4. The van der Waals surface area contributed by atoms with Crippen LogP contribution in [0.25, 0.3) is 5.76 Å². The van der Waals surface area contributed by atoms with Crippen molar-refractivity contribution in [3.63, 3.8) is 0 Å². The van der Waals surface area contributed by atoms with Crippen LogP contribution in [0.4, 0.5) is 10.1 Å². The topological polar surface area (TPSA) is 94.9 Å². The molecule has 3 aromatic rings. The number of aliphatic hydroxyl groups is 1. The van der Waals surface area contributed by atoms with E-state index < -0.39 is 35.3 Å². The highest BCUT2D eigenvalue weighted by Gasteiger charge is 2.47. The predicted octanol–water partition coefficient (Wildman–Crippen LogP) is 4.46. The van der Waals surface area contributed by atoms with Crippen molar-refractivity contribution in [2.24, 2.45) is 0 Å². The fraction of sp³-hybridized carbons (Fsp3) is 0.0800. The summed E-state index contributed by atoms with van der Waals surface area (Å²) in [6, 6.07) is 17.1. The van der Waals surface area contributed by atoms with Gasteiger partial charge >= 0.3 is 5.97 Å². The first kappa shape index (κ1) is 21.0. The molecule has 32 heavy (non-hydrogen) atoms. The molecule has 1 unspecified atom stereocenters. The molecule has 2 N–H and O–H groups in total. The summed E-state index contributed by atoms with van der Waals surface area (Å²) < 4.78 is 14.4. The Labute approximate surface area is 182 Å². The smallest absolute Gasteiger partial charge is 0.335 e. The third-order valence-corrected chi connectivity index (χ3v) is 5.40. The number of carboxylic acid groups (broad SMARTS) is 1. The molecule has 0 spiro atoms. The number of hydrogen-bond acceptors (Lipinski definition) is 4. The zero-order valence-electron chi connectivity index (χ0n) is 16.9. The molecule has 1 aliphatic heterocycles. The first-order chi connectivity index (χ1) is 15.3. The quantitative estimate of drug-likeness (QED) is 0.361. The van der Waals surface area contributed by atoms with Gasteiger partial charge in [-0.25, -0.2) is 9.18 Å². The number of carbonyl (C=O) groups excluding carboxylic acids is 2. The SMILES string of the molecule is Cc1ccc(C(=O)O)cc1N1C(=O)C(=O)/C(=C(/O)c2ccccc2F)C1c1ccccc1. The average molecular weight is 431 g/mol. The number of aliphatic hydroxyl groups excluding tert-OH is 1. The fourth-order valence-corrected chi connectivity index (χ4v) is 3.83. The van der Waals surface area contributed by atoms with Gasteiger partial charge in [0.2, 0.25) is 0 Å². The van der Waals surface area contributed by atoms with E-state index in [-0.39, 0.29) is 22.4 Å². The highest BCUT2D eigenvalue weighted by molar-refractivity contribution is 6.51. The number of anilines is 1. The molecule has 7 heteroatoms. The van der Waals surface area contributed by atoms with Crippen LogP contribution in [0.2, 0.25) is 0 Å². The van der Waals surface area contributed by atoms with Gasteiger partial charge in [-0.3, -0.25) is 14.5 Å². The summed E-state index contributed by atoms with van der Waals surface area (Å²) in [5.41, 5.74) is 0.740. The molecule has 1 aliphatic rings. The number of benzene rings is 3. The highest BCUT2D eigenvalue weighted by Crippen LogP contribution is 2.43. The standard InChI is InChI=1S/C25H18FNO5/c1-14-11-12-16(25(31)32)13-19(14)27-21(15-7-3-2-4-8-15)20(23(29)24(27)30)22(28)17-9-5-6-10-18(17)26/h2-13,21,28H,1H3,(H,31,32)/b22-20+. The molecule has 3 aromatic carbocycles. The second kappa shape index (κ2) is 8.11. The van der Waals surface area contributed by atoms with Crippen molar-refractivity contribution in [1.29, 1.82) is 0 Å². The lowest BCUT2D eigenvalue weighted by Crippen LogP contribution is -2.30. The molecular weight excluding hydrogens is 413 g/mol. The zero-order valence-corrected chi connectivity index (χ0v) is 16.9. The van der Waals surface area contributed by atoms with Gasteiger partial charge in [0.1, 0.15) is 11.6 Å². The van der Waals surface area contributed by atoms with Crippen molar-refractivity contribution in [1.82, 2.24) is 0 Å². The van der Waals surface area contributed by atoms with Crippen LogP contribution in [0, 0.1) is 12.7 Å². The highest BCUT2D eigenvalue weighted by atomic mass is 19.1. The monoisotopic (exact) mass is 431 g/mol. The number of carbonyl (C=O) groups is 3. The fourth-order valence-electron chi connectivity index (χ4n) is 3.83. The first-order valence-corrected chi connectivity index (χ1v) is 9.76. The lowest BCUT2D eigenvalue weighted by Gasteiger charge is -2.27. The van der Waals surface area contributed by atoms with Gasteiger partial charge < -0.3 is 10.2 Å². The minimum atomic E-state index is -1.19. The molecule has 1 saturated heterocycles. The molecule has 0 aromatic heterocycles. The number of aromatic carboxylic acids is 1. The van der Waals surface area contributed by atoms with Crippen LogP contribution in [0.1, 0.15) is 33.1 Å². The summed E-state index contributed by atoms with van der Waals surface area (Å²) in [5.74, 6) is -4.50. The van der Waals surface area contributed by atoms with Gasteiger partial charge in [-0.15, -0.1) is 0 Å². The molecule has 1 heterocycles. The number of halogens is 1. The van der Waals surface area contributed by atoms with E-state index in [2.05, 4.69) is 0 Å². The molecule has 1 amide bonds. The summed E-state index contributed by atoms with van der Waals surface area (Å²) in [7, 11) is 0. The second-order valence-electron chi connectivity index (χ2n) is 7.37. The summed E-state index contributed by atoms with van der Waals surface area (Å²) >= 11 is 0. The van der Waals surface area contributed by atoms with E-state index in [1.54, 1.807) is 37.3 Å². The van der Waals surface area contributed by atoms with Gasteiger partial charge in [-0.05, 0) is 42.3 Å². The van der Waals surface area contributed by atoms with Gasteiger partial charge in [-0.1, -0.05) is 48.5 Å². The van der Waals surface area contributed by atoms with Crippen LogP contribution in [-0.2, 0) is 9.59 Å². The molecule has 0 bridgehead atoms. The van der Waals surface area contributed by atoms with E-state index in [1.165, 1.54) is 36.4 Å². The minimum absolute atomic E-state index is 0.0617. The van der Waals surface area contributed by atoms with E-state index in [0.717, 1.165) is 11.0 Å². The Hall–Kier alpha value is -4.26. The van der Waals surface area contributed by atoms with E-state index >= 15 is 0 Å². The Morgan fingerprint density at radius 1 is 0.938 bits per heavy atom. The lowest BCUT2D eigenvalue weighted by molar-refractivity contribution is -0.132. The van der Waals surface area contributed by atoms with Crippen LogP contribution in [0.5, 0.6) is 0 Å². The van der Waals surface area contributed by atoms with Crippen LogP contribution >= 0.6 is 0 Å². The Balaban J connectivity index is 2.00. The van der Waals surface area contributed by atoms with Gasteiger partial charge in [0.15, 0.2) is 0 Å². The van der Waals surface area contributed by atoms with Crippen LogP contribution in [0.15, 0.2) is 78.4 Å². The van der Waals surface area contributed by atoms with Crippen molar-refractivity contribution in [3.05, 3.63) is 106 Å². The van der Waals surface area contributed by atoms with Gasteiger partial charge in [0.25, 0.3) is 11.7 Å². The number of amides is 1. The number of rotatable bonds is 4. The predicted molar refractivity (Wildman–Crippen MR) is 116 cm³/mol.